The van der Waals surface area contributed by atoms with Crippen LogP contribution in [0.4, 0.5) is 5.69 Å². The highest BCUT2D eigenvalue weighted by molar-refractivity contribution is 7.88. The summed E-state index contributed by atoms with van der Waals surface area (Å²) in [6.07, 6.45) is 3.90. The smallest absolute Gasteiger partial charge is 0.225 e. The van der Waals surface area contributed by atoms with Gasteiger partial charge in [-0.2, -0.15) is 0 Å². The number of carbonyl (C=O) groups is 1. The van der Waals surface area contributed by atoms with Gasteiger partial charge in [-0.05, 0) is 24.5 Å². The molecule has 5 nitrogen and oxygen atoms in total. The molecule has 1 rings (SSSR count). The fourth-order valence-electron chi connectivity index (χ4n) is 2.17. The average Bonchev–Trinajstić information content (AvgIpc) is 2.46. The van der Waals surface area contributed by atoms with Gasteiger partial charge in [0, 0.05) is 25.2 Å². The van der Waals surface area contributed by atoms with Crippen LogP contribution in [0.15, 0.2) is 24.3 Å². The maximum Gasteiger partial charge on any atom is 0.225 e. The van der Waals surface area contributed by atoms with Gasteiger partial charge in [0.25, 0.3) is 0 Å². The van der Waals surface area contributed by atoms with E-state index in [4.69, 9.17) is 0 Å². The van der Waals surface area contributed by atoms with Gasteiger partial charge >= 0.3 is 0 Å². The molecule has 0 aromatic heterocycles. The van der Waals surface area contributed by atoms with Crippen LogP contribution >= 0.6 is 0 Å². The van der Waals surface area contributed by atoms with Crippen molar-refractivity contribution >= 4 is 21.6 Å². The minimum absolute atomic E-state index is 0.161. The Morgan fingerprint density at radius 2 is 1.86 bits per heavy atom. The number of carbonyl (C=O) groups excluding carboxylic acids is 1. The van der Waals surface area contributed by atoms with Crippen LogP contribution in [0.1, 0.15) is 38.7 Å². The third-order valence-corrected chi connectivity index (χ3v) is 4.79. The number of aryl methyl sites for hydroxylation is 1. The summed E-state index contributed by atoms with van der Waals surface area (Å²) in [6.45, 7) is 4.73. The first-order valence-electron chi connectivity index (χ1n) is 7.71. The second kappa shape index (κ2) is 8.90. The third-order valence-electron chi connectivity index (χ3n) is 3.49. The Morgan fingerprint density at radius 3 is 2.45 bits per heavy atom. The Morgan fingerprint density at radius 1 is 1.18 bits per heavy atom. The molecule has 6 heteroatoms. The number of unbranched alkanes of at least 4 members (excludes halogenated alkanes) is 1. The zero-order valence-electron chi connectivity index (χ0n) is 13.6. The van der Waals surface area contributed by atoms with Gasteiger partial charge in [-0.25, -0.2) is 12.7 Å². The minimum atomic E-state index is -3.27. The molecule has 0 saturated carbocycles. The van der Waals surface area contributed by atoms with Crippen molar-refractivity contribution < 1.29 is 13.2 Å². The molecule has 0 bridgehead atoms. The molecule has 124 valence electrons. The molecule has 22 heavy (non-hydrogen) atoms. The van der Waals surface area contributed by atoms with Crippen molar-refractivity contribution in [3.8, 4) is 0 Å². The molecule has 0 aliphatic rings. The van der Waals surface area contributed by atoms with E-state index in [1.165, 1.54) is 10.6 Å². The maximum atomic E-state index is 12.1. The number of rotatable bonds is 9. The summed E-state index contributed by atoms with van der Waals surface area (Å²) >= 11 is 0. The van der Waals surface area contributed by atoms with Gasteiger partial charge in [-0.15, -0.1) is 0 Å². The molecule has 0 unspecified atom stereocenters. The van der Waals surface area contributed by atoms with Crippen LogP contribution in [-0.4, -0.2) is 38.0 Å². The Labute approximate surface area is 133 Å². The van der Waals surface area contributed by atoms with Crippen molar-refractivity contribution in [3.63, 3.8) is 0 Å². The Kier molecular flexibility index (Phi) is 7.55. The Balaban J connectivity index is 2.60. The van der Waals surface area contributed by atoms with Crippen LogP contribution in [0, 0.1) is 0 Å². The lowest BCUT2D eigenvalue weighted by atomic mass is 10.1. The molecular weight excluding hydrogens is 300 g/mol. The topological polar surface area (TPSA) is 66.5 Å². The number of hydrogen-bond donors (Lipinski definition) is 1. The number of nitrogens with zero attached hydrogens (tertiary/aromatic N) is 1. The van der Waals surface area contributed by atoms with E-state index < -0.39 is 10.0 Å². The van der Waals surface area contributed by atoms with E-state index >= 15 is 0 Å². The maximum absolute atomic E-state index is 12.1. The van der Waals surface area contributed by atoms with E-state index in [1.807, 2.05) is 38.1 Å². The Hall–Kier alpha value is -1.40. The highest BCUT2D eigenvalue weighted by atomic mass is 32.2. The lowest BCUT2D eigenvalue weighted by Gasteiger charge is -2.19. The average molecular weight is 326 g/mol. The van der Waals surface area contributed by atoms with Crippen molar-refractivity contribution in [2.75, 3.05) is 24.7 Å². The molecule has 0 aliphatic carbocycles. The van der Waals surface area contributed by atoms with E-state index in [-0.39, 0.29) is 18.9 Å². The van der Waals surface area contributed by atoms with Crippen molar-refractivity contribution in [2.24, 2.45) is 0 Å². The first-order chi connectivity index (χ1) is 10.4. The summed E-state index contributed by atoms with van der Waals surface area (Å²) in [6, 6.07) is 7.64. The van der Waals surface area contributed by atoms with E-state index in [1.54, 1.807) is 0 Å². The van der Waals surface area contributed by atoms with Crippen LogP contribution in [0.2, 0.25) is 0 Å². The van der Waals surface area contributed by atoms with E-state index in [0.29, 0.717) is 6.54 Å². The van der Waals surface area contributed by atoms with Gasteiger partial charge in [-0.1, -0.05) is 38.5 Å². The molecule has 0 aliphatic heterocycles. The monoisotopic (exact) mass is 326 g/mol. The largest absolute Gasteiger partial charge is 0.326 e. The fraction of sp³-hybridized carbons (Fsp3) is 0.562. The predicted molar refractivity (Wildman–Crippen MR) is 90.4 cm³/mol. The summed E-state index contributed by atoms with van der Waals surface area (Å²) in [5.74, 6) is -0.161. The van der Waals surface area contributed by atoms with Gasteiger partial charge < -0.3 is 5.32 Å². The fourth-order valence-corrected chi connectivity index (χ4v) is 3.05. The molecule has 0 atom stereocenters. The summed E-state index contributed by atoms with van der Waals surface area (Å²) in [7, 11) is -3.27. The predicted octanol–water partition coefficient (Wildman–Crippen LogP) is 2.64. The van der Waals surface area contributed by atoms with Crippen molar-refractivity contribution in [1.82, 2.24) is 4.31 Å². The molecule has 1 aromatic carbocycles. The summed E-state index contributed by atoms with van der Waals surface area (Å²) in [4.78, 5) is 12.1. The summed E-state index contributed by atoms with van der Waals surface area (Å²) < 4.78 is 24.8. The van der Waals surface area contributed by atoms with Crippen molar-refractivity contribution in [2.45, 2.75) is 39.5 Å². The van der Waals surface area contributed by atoms with Gasteiger partial charge in [0.15, 0.2) is 0 Å². The standard InChI is InChI=1S/C16H26N2O3S/c1-4-6-12-18(22(3,20)21)13-11-16(19)17-15-10-8-7-9-14(15)5-2/h7-10H,4-6,11-13H2,1-3H3,(H,17,19). The lowest BCUT2D eigenvalue weighted by Crippen LogP contribution is -2.33. The molecule has 1 amide bonds. The first-order valence-corrected chi connectivity index (χ1v) is 9.56. The van der Waals surface area contributed by atoms with E-state index in [9.17, 15) is 13.2 Å². The Bertz CT molecular complexity index is 585. The molecule has 0 fully saturated rings. The second-order valence-electron chi connectivity index (χ2n) is 5.32. The second-order valence-corrected chi connectivity index (χ2v) is 7.31. The molecule has 0 heterocycles. The summed E-state index contributed by atoms with van der Waals surface area (Å²) in [5.41, 5.74) is 1.87. The normalized spacial score (nSPS) is 11.6. The number of sulfonamides is 1. The zero-order valence-corrected chi connectivity index (χ0v) is 14.4. The van der Waals surface area contributed by atoms with Crippen LogP contribution in [0.25, 0.3) is 0 Å². The van der Waals surface area contributed by atoms with Crippen LogP contribution in [-0.2, 0) is 21.2 Å². The quantitative estimate of drug-likeness (QED) is 0.758. The highest BCUT2D eigenvalue weighted by Gasteiger charge is 2.17. The highest BCUT2D eigenvalue weighted by Crippen LogP contribution is 2.15. The van der Waals surface area contributed by atoms with Crippen LogP contribution in [0.3, 0.4) is 0 Å². The van der Waals surface area contributed by atoms with Gasteiger partial charge in [0.05, 0.1) is 6.26 Å². The SMILES string of the molecule is CCCCN(CCC(=O)Nc1ccccc1CC)S(C)(=O)=O. The number of hydrogen-bond acceptors (Lipinski definition) is 3. The number of anilines is 1. The molecule has 1 N–H and O–H groups in total. The number of amides is 1. The van der Waals surface area contributed by atoms with Crippen molar-refractivity contribution in [1.29, 1.82) is 0 Å². The van der Waals surface area contributed by atoms with Crippen LogP contribution in [0.5, 0.6) is 0 Å². The number of para-hydroxylation sites is 1. The molecule has 0 saturated heterocycles. The van der Waals surface area contributed by atoms with Crippen LogP contribution < -0.4 is 5.32 Å². The summed E-state index contributed by atoms with van der Waals surface area (Å²) in [5, 5.41) is 2.86. The first kappa shape index (κ1) is 18.6. The number of nitrogens with one attached hydrogen (secondary N) is 1. The van der Waals surface area contributed by atoms with Crippen molar-refractivity contribution in [3.05, 3.63) is 29.8 Å². The van der Waals surface area contributed by atoms with Gasteiger partial charge in [0.2, 0.25) is 15.9 Å². The number of benzene rings is 1. The zero-order chi connectivity index (χ0) is 16.6. The van der Waals surface area contributed by atoms with Gasteiger partial charge in [0.1, 0.15) is 0 Å². The molecule has 0 radical (unpaired) electrons. The molecule has 0 spiro atoms. The van der Waals surface area contributed by atoms with Gasteiger partial charge in [-0.3, -0.25) is 4.79 Å². The van der Waals surface area contributed by atoms with E-state index in [2.05, 4.69) is 5.32 Å². The lowest BCUT2D eigenvalue weighted by molar-refractivity contribution is -0.116. The van der Waals surface area contributed by atoms with E-state index in [0.717, 1.165) is 30.5 Å². The molecule has 1 aromatic rings. The third kappa shape index (κ3) is 6.15. The molecular formula is C16H26N2O3S. The minimum Gasteiger partial charge on any atom is -0.326 e.